The van der Waals surface area contributed by atoms with Crippen molar-refractivity contribution in [2.45, 2.75) is 25.9 Å². The van der Waals surface area contributed by atoms with Crippen LogP contribution in [0.5, 0.6) is 0 Å². The van der Waals surface area contributed by atoms with E-state index >= 15 is 0 Å². The molecule has 3 aromatic rings. The van der Waals surface area contributed by atoms with E-state index in [1.54, 1.807) is 11.3 Å². The number of aromatic nitrogens is 1. The van der Waals surface area contributed by atoms with E-state index in [1.807, 2.05) is 36.4 Å². The molecule has 7 heteroatoms. The summed E-state index contributed by atoms with van der Waals surface area (Å²) in [4.78, 5) is 20.5. The van der Waals surface area contributed by atoms with Crippen molar-refractivity contribution < 1.29 is 9.90 Å². The summed E-state index contributed by atoms with van der Waals surface area (Å²) in [5, 5.41) is 10.8. The minimum absolute atomic E-state index is 0.0691. The maximum absolute atomic E-state index is 10.9. The molecule has 0 aliphatic carbocycles. The molecule has 1 fully saturated rings. The fraction of sp³-hybridized carbons (Fsp3) is 0.333. The second-order valence-electron chi connectivity index (χ2n) is 7.28. The lowest BCUT2D eigenvalue weighted by atomic mass is 10.1. The molecule has 1 aromatic heterocycles. The number of hydrogen-bond donors (Lipinski definition) is 1. The van der Waals surface area contributed by atoms with Gasteiger partial charge in [0.25, 0.3) is 0 Å². The molecule has 0 saturated carbocycles. The average molecular weight is 416 g/mol. The molecule has 1 N–H and O–H groups in total. The van der Waals surface area contributed by atoms with Crippen molar-refractivity contribution in [3.8, 4) is 0 Å². The number of nitrogens with zero attached hydrogens (tertiary/aromatic N) is 3. The molecule has 0 spiro atoms. The maximum atomic E-state index is 10.9. The number of halogens is 1. The Morgan fingerprint density at radius 1 is 1.25 bits per heavy atom. The highest BCUT2D eigenvalue weighted by molar-refractivity contribution is 7.22. The van der Waals surface area contributed by atoms with Crippen LogP contribution in [0.3, 0.4) is 0 Å². The first-order valence-corrected chi connectivity index (χ1v) is 10.5. The van der Waals surface area contributed by atoms with Gasteiger partial charge in [-0.1, -0.05) is 47.2 Å². The monoisotopic (exact) mass is 415 g/mol. The average Bonchev–Trinajstić information content (AvgIpc) is 3.04. The molecule has 5 nitrogen and oxygen atoms in total. The predicted octanol–water partition coefficient (Wildman–Crippen LogP) is 4.29. The van der Waals surface area contributed by atoms with E-state index in [0.29, 0.717) is 6.04 Å². The highest BCUT2D eigenvalue weighted by Crippen LogP contribution is 2.32. The van der Waals surface area contributed by atoms with Gasteiger partial charge in [0.2, 0.25) is 0 Å². The number of carbonyl (C=O) groups is 1. The number of benzene rings is 2. The van der Waals surface area contributed by atoms with Gasteiger partial charge in [0.15, 0.2) is 5.13 Å². The summed E-state index contributed by atoms with van der Waals surface area (Å²) in [5.41, 5.74) is 3.01. The van der Waals surface area contributed by atoms with Crippen molar-refractivity contribution in [3.63, 3.8) is 0 Å². The quantitative estimate of drug-likeness (QED) is 0.673. The number of fused-ring (bicyclic) bond motifs is 1. The van der Waals surface area contributed by atoms with Gasteiger partial charge in [0.1, 0.15) is 0 Å². The Morgan fingerprint density at radius 2 is 2.07 bits per heavy atom. The molecule has 1 aliphatic rings. The van der Waals surface area contributed by atoms with Gasteiger partial charge in [0, 0.05) is 37.2 Å². The number of piperazine rings is 1. The topological polar surface area (TPSA) is 56.7 Å². The van der Waals surface area contributed by atoms with Crippen LogP contribution in [-0.4, -0.2) is 46.6 Å². The molecule has 0 radical (unpaired) electrons. The lowest BCUT2D eigenvalue weighted by molar-refractivity contribution is -0.136. The molecule has 1 unspecified atom stereocenters. The van der Waals surface area contributed by atoms with E-state index in [0.717, 1.165) is 57.7 Å². The van der Waals surface area contributed by atoms with Crippen molar-refractivity contribution in [2.24, 2.45) is 0 Å². The summed E-state index contributed by atoms with van der Waals surface area (Å²) in [6.45, 7) is 5.88. The van der Waals surface area contributed by atoms with Gasteiger partial charge >= 0.3 is 5.97 Å². The molecule has 4 rings (SSSR count). The standard InChI is InChI=1S/C21H22ClN3O2S/c1-14-12-24(13-16-4-2-3-15(9-16)10-20(26)27)7-8-25(14)21-23-18-6-5-17(22)11-19(18)28-21/h2-6,9,11,14H,7-8,10,12-13H2,1H3,(H,26,27). The smallest absolute Gasteiger partial charge is 0.307 e. The third kappa shape index (κ3) is 4.29. The fourth-order valence-corrected chi connectivity index (χ4v) is 5.11. The van der Waals surface area contributed by atoms with Gasteiger partial charge in [-0.05, 0) is 36.2 Å². The van der Waals surface area contributed by atoms with Crippen molar-refractivity contribution in [3.05, 3.63) is 58.6 Å². The number of aliphatic carboxylic acids is 1. The highest BCUT2D eigenvalue weighted by Gasteiger charge is 2.26. The number of anilines is 1. The molecular weight excluding hydrogens is 394 g/mol. The Bertz CT molecular complexity index is 1010. The van der Waals surface area contributed by atoms with Crippen LogP contribution in [0, 0.1) is 0 Å². The molecule has 0 amide bonds. The number of hydrogen-bond acceptors (Lipinski definition) is 5. The second kappa shape index (κ2) is 8.07. The van der Waals surface area contributed by atoms with Crippen LogP contribution in [0.25, 0.3) is 10.2 Å². The highest BCUT2D eigenvalue weighted by atomic mass is 35.5. The Kier molecular flexibility index (Phi) is 5.53. The van der Waals surface area contributed by atoms with Gasteiger partial charge < -0.3 is 10.0 Å². The van der Waals surface area contributed by atoms with E-state index in [4.69, 9.17) is 21.7 Å². The molecule has 2 heterocycles. The zero-order chi connectivity index (χ0) is 19.7. The second-order valence-corrected chi connectivity index (χ2v) is 8.72. The summed E-state index contributed by atoms with van der Waals surface area (Å²) in [6, 6.07) is 14.1. The van der Waals surface area contributed by atoms with Crippen LogP contribution in [0.4, 0.5) is 5.13 Å². The molecule has 1 saturated heterocycles. The Morgan fingerprint density at radius 3 is 2.86 bits per heavy atom. The first-order valence-electron chi connectivity index (χ1n) is 9.32. The van der Waals surface area contributed by atoms with Crippen LogP contribution >= 0.6 is 22.9 Å². The summed E-state index contributed by atoms with van der Waals surface area (Å²) in [7, 11) is 0. The van der Waals surface area contributed by atoms with Gasteiger partial charge in [-0.2, -0.15) is 0 Å². The van der Waals surface area contributed by atoms with Crippen LogP contribution in [0.1, 0.15) is 18.1 Å². The van der Waals surface area contributed by atoms with E-state index < -0.39 is 5.97 Å². The molecule has 1 aliphatic heterocycles. The molecule has 0 bridgehead atoms. The Hall–Kier alpha value is -2.15. The van der Waals surface area contributed by atoms with Gasteiger partial charge in [-0.15, -0.1) is 0 Å². The molecule has 1 atom stereocenters. The number of thiazole rings is 1. The molecule has 146 valence electrons. The van der Waals surface area contributed by atoms with E-state index in [-0.39, 0.29) is 6.42 Å². The van der Waals surface area contributed by atoms with E-state index in [2.05, 4.69) is 22.8 Å². The first-order chi connectivity index (χ1) is 13.5. The SMILES string of the molecule is CC1CN(Cc2cccc(CC(=O)O)c2)CCN1c1nc2ccc(Cl)cc2s1. The fourth-order valence-electron chi connectivity index (χ4n) is 3.74. The lowest BCUT2D eigenvalue weighted by Crippen LogP contribution is -2.51. The lowest BCUT2D eigenvalue weighted by Gasteiger charge is -2.39. The zero-order valence-corrected chi connectivity index (χ0v) is 17.2. The number of rotatable bonds is 5. The van der Waals surface area contributed by atoms with Crippen molar-refractivity contribution in [2.75, 3.05) is 24.5 Å². The number of carboxylic acid groups (broad SMARTS) is 1. The zero-order valence-electron chi connectivity index (χ0n) is 15.6. The predicted molar refractivity (Wildman–Crippen MR) is 114 cm³/mol. The van der Waals surface area contributed by atoms with Crippen LogP contribution < -0.4 is 4.90 Å². The minimum Gasteiger partial charge on any atom is -0.481 e. The Labute approximate surface area is 173 Å². The van der Waals surface area contributed by atoms with Crippen molar-refractivity contribution in [1.82, 2.24) is 9.88 Å². The normalized spacial score (nSPS) is 17.9. The van der Waals surface area contributed by atoms with Gasteiger partial charge in [-0.3, -0.25) is 9.69 Å². The van der Waals surface area contributed by atoms with Crippen molar-refractivity contribution >= 4 is 44.3 Å². The van der Waals surface area contributed by atoms with E-state index in [1.165, 1.54) is 0 Å². The van der Waals surface area contributed by atoms with E-state index in [9.17, 15) is 4.79 Å². The number of carboxylic acids is 1. The largest absolute Gasteiger partial charge is 0.481 e. The Balaban J connectivity index is 1.43. The van der Waals surface area contributed by atoms with Crippen LogP contribution in [0.2, 0.25) is 5.02 Å². The summed E-state index contributed by atoms with van der Waals surface area (Å²) < 4.78 is 1.12. The summed E-state index contributed by atoms with van der Waals surface area (Å²) >= 11 is 7.79. The molecule has 28 heavy (non-hydrogen) atoms. The van der Waals surface area contributed by atoms with Crippen molar-refractivity contribution in [1.29, 1.82) is 0 Å². The third-order valence-corrected chi connectivity index (χ3v) is 6.34. The van der Waals surface area contributed by atoms with Crippen LogP contribution in [0.15, 0.2) is 42.5 Å². The first kappa shape index (κ1) is 19.2. The summed E-state index contributed by atoms with van der Waals surface area (Å²) in [6.07, 6.45) is 0.0691. The third-order valence-electron chi connectivity index (χ3n) is 5.05. The van der Waals surface area contributed by atoms with Gasteiger partial charge in [-0.25, -0.2) is 4.98 Å². The molecule has 2 aromatic carbocycles. The maximum Gasteiger partial charge on any atom is 0.307 e. The minimum atomic E-state index is -0.795. The van der Waals surface area contributed by atoms with Gasteiger partial charge in [0.05, 0.1) is 16.6 Å². The summed E-state index contributed by atoms with van der Waals surface area (Å²) in [5.74, 6) is -0.795. The molecular formula is C21H22ClN3O2S. The van der Waals surface area contributed by atoms with Crippen LogP contribution in [-0.2, 0) is 17.8 Å².